The van der Waals surface area contributed by atoms with Gasteiger partial charge in [-0.1, -0.05) is 42.5 Å². The van der Waals surface area contributed by atoms with E-state index in [1.807, 2.05) is 35.7 Å². The van der Waals surface area contributed by atoms with E-state index in [-0.39, 0.29) is 0 Å². The fourth-order valence-corrected chi connectivity index (χ4v) is 3.67. The first kappa shape index (κ1) is 16.7. The van der Waals surface area contributed by atoms with Crippen LogP contribution in [0.4, 0.5) is 5.69 Å². The molecule has 0 radical (unpaired) electrons. The summed E-state index contributed by atoms with van der Waals surface area (Å²) in [6, 6.07) is 17.7. The molecule has 0 N–H and O–H groups in total. The quantitative estimate of drug-likeness (QED) is 0.697. The number of aromatic nitrogens is 1. The number of hydrogen-bond acceptors (Lipinski definition) is 4. The second-order valence-electron chi connectivity index (χ2n) is 5.57. The molecule has 0 spiro atoms. The van der Waals surface area contributed by atoms with E-state index >= 15 is 0 Å². The van der Waals surface area contributed by atoms with E-state index < -0.39 is 10.0 Å². The standard InChI is InChI=1S/C18H18N2O2S2/c1-20(24(2,21)22)16-10-8-15(9-11-16)17-13-23-18(19-17)12-14-6-4-3-5-7-14/h3-11,13H,12H2,1-2H3. The van der Waals surface area contributed by atoms with Crippen molar-refractivity contribution in [2.75, 3.05) is 17.6 Å². The number of sulfonamides is 1. The molecule has 1 heterocycles. The molecule has 4 nitrogen and oxygen atoms in total. The molecule has 0 saturated heterocycles. The number of nitrogens with zero attached hydrogens (tertiary/aromatic N) is 2. The van der Waals surface area contributed by atoms with Gasteiger partial charge in [-0.25, -0.2) is 13.4 Å². The van der Waals surface area contributed by atoms with Crippen LogP contribution >= 0.6 is 11.3 Å². The summed E-state index contributed by atoms with van der Waals surface area (Å²) < 4.78 is 24.4. The SMILES string of the molecule is CN(c1ccc(-c2csc(Cc3ccccc3)n2)cc1)S(C)(=O)=O. The first-order chi connectivity index (χ1) is 11.4. The molecule has 0 fully saturated rings. The summed E-state index contributed by atoms with van der Waals surface area (Å²) in [5, 5.41) is 3.10. The molecular weight excluding hydrogens is 340 g/mol. The van der Waals surface area contributed by atoms with Gasteiger partial charge < -0.3 is 0 Å². The summed E-state index contributed by atoms with van der Waals surface area (Å²) >= 11 is 1.64. The third-order valence-electron chi connectivity index (χ3n) is 3.77. The zero-order valence-electron chi connectivity index (χ0n) is 13.5. The van der Waals surface area contributed by atoms with Crippen LogP contribution in [-0.4, -0.2) is 26.7 Å². The van der Waals surface area contributed by atoms with Crippen LogP contribution in [0, 0.1) is 0 Å². The van der Waals surface area contributed by atoms with Gasteiger partial charge in [0.25, 0.3) is 0 Å². The molecule has 124 valence electrons. The highest BCUT2D eigenvalue weighted by Crippen LogP contribution is 2.26. The van der Waals surface area contributed by atoms with E-state index in [0.717, 1.165) is 22.7 Å². The van der Waals surface area contributed by atoms with Gasteiger partial charge in [0.15, 0.2) is 0 Å². The highest BCUT2D eigenvalue weighted by atomic mass is 32.2. The van der Waals surface area contributed by atoms with Crippen molar-refractivity contribution >= 4 is 27.0 Å². The first-order valence-corrected chi connectivity index (χ1v) is 10.2. The summed E-state index contributed by atoms with van der Waals surface area (Å²) in [6.45, 7) is 0. The molecule has 0 amide bonds. The number of anilines is 1. The Hall–Kier alpha value is -2.18. The summed E-state index contributed by atoms with van der Waals surface area (Å²) in [5.41, 5.74) is 3.78. The van der Waals surface area contributed by atoms with Gasteiger partial charge in [-0.15, -0.1) is 11.3 Å². The lowest BCUT2D eigenvalue weighted by atomic mass is 10.1. The largest absolute Gasteiger partial charge is 0.274 e. The molecule has 3 rings (SSSR count). The van der Waals surface area contributed by atoms with Crippen molar-refractivity contribution in [1.29, 1.82) is 0 Å². The Morgan fingerprint density at radius 3 is 2.33 bits per heavy atom. The minimum Gasteiger partial charge on any atom is -0.274 e. The lowest BCUT2D eigenvalue weighted by molar-refractivity contribution is 0.600. The highest BCUT2D eigenvalue weighted by molar-refractivity contribution is 7.92. The second kappa shape index (κ2) is 6.75. The van der Waals surface area contributed by atoms with Crippen LogP contribution < -0.4 is 4.31 Å². The Balaban J connectivity index is 1.78. The molecule has 2 aromatic carbocycles. The molecule has 1 aromatic heterocycles. The maximum atomic E-state index is 11.6. The predicted octanol–water partition coefficient (Wildman–Crippen LogP) is 3.80. The molecule has 0 bridgehead atoms. The summed E-state index contributed by atoms with van der Waals surface area (Å²) in [5.74, 6) is 0. The zero-order chi connectivity index (χ0) is 17.2. The Morgan fingerprint density at radius 1 is 1.04 bits per heavy atom. The van der Waals surface area contributed by atoms with Crippen molar-refractivity contribution in [3.8, 4) is 11.3 Å². The zero-order valence-corrected chi connectivity index (χ0v) is 15.1. The monoisotopic (exact) mass is 358 g/mol. The van der Waals surface area contributed by atoms with Gasteiger partial charge in [0.1, 0.15) is 0 Å². The maximum Gasteiger partial charge on any atom is 0.231 e. The summed E-state index contributed by atoms with van der Waals surface area (Å²) in [4.78, 5) is 4.69. The summed E-state index contributed by atoms with van der Waals surface area (Å²) in [6.07, 6.45) is 2.01. The highest BCUT2D eigenvalue weighted by Gasteiger charge is 2.12. The molecule has 3 aromatic rings. The van der Waals surface area contributed by atoms with Crippen molar-refractivity contribution < 1.29 is 8.42 Å². The lowest BCUT2D eigenvalue weighted by Crippen LogP contribution is -2.24. The van der Waals surface area contributed by atoms with Crippen LogP contribution in [-0.2, 0) is 16.4 Å². The van der Waals surface area contributed by atoms with E-state index in [4.69, 9.17) is 0 Å². The smallest absolute Gasteiger partial charge is 0.231 e. The number of rotatable bonds is 5. The average molecular weight is 358 g/mol. The normalized spacial score (nSPS) is 11.4. The van der Waals surface area contributed by atoms with Crippen molar-refractivity contribution in [3.63, 3.8) is 0 Å². The fraction of sp³-hybridized carbons (Fsp3) is 0.167. The topological polar surface area (TPSA) is 50.3 Å². The third-order valence-corrected chi connectivity index (χ3v) is 5.83. The van der Waals surface area contributed by atoms with Gasteiger partial charge in [0.05, 0.1) is 22.6 Å². The average Bonchev–Trinajstić information content (AvgIpc) is 3.03. The summed E-state index contributed by atoms with van der Waals surface area (Å²) in [7, 11) is -1.70. The van der Waals surface area contributed by atoms with Gasteiger partial charge >= 0.3 is 0 Å². The fourth-order valence-electron chi connectivity index (χ4n) is 2.33. The number of benzene rings is 2. The van der Waals surface area contributed by atoms with Crippen LogP contribution in [0.25, 0.3) is 11.3 Å². The van der Waals surface area contributed by atoms with E-state index in [0.29, 0.717) is 5.69 Å². The van der Waals surface area contributed by atoms with Crippen LogP contribution in [0.3, 0.4) is 0 Å². The molecule has 0 aliphatic carbocycles. The van der Waals surface area contributed by atoms with E-state index in [1.165, 1.54) is 16.1 Å². The molecule has 0 aliphatic heterocycles. The molecule has 0 aliphatic rings. The molecule has 0 saturated carbocycles. The molecule has 24 heavy (non-hydrogen) atoms. The Kier molecular flexibility index (Phi) is 4.69. The van der Waals surface area contributed by atoms with Crippen LogP contribution in [0.1, 0.15) is 10.6 Å². The third kappa shape index (κ3) is 3.83. The molecule has 0 unspecified atom stereocenters. The van der Waals surface area contributed by atoms with E-state index in [2.05, 4.69) is 17.1 Å². The van der Waals surface area contributed by atoms with Gasteiger partial charge in [0, 0.05) is 24.4 Å². The van der Waals surface area contributed by atoms with Crippen LogP contribution in [0.2, 0.25) is 0 Å². The molecular formula is C18H18N2O2S2. The molecule has 0 atom stereocenters. The van der Waals surface area contributed by atoms with E-state index in [1.54, 1.807) is 30.5 Å². The van der Waals surface area contributed by atoms with Crippen molar-refractivity contribution in [2.45, 2.75) is 6.42 Å². The lowest BCUT2D eigenvalue weighted by Gasteiger charge is -2.16. The first-order valence-electron chi connectivity index (χ1n) is 7.46. The van der Waals surface area contributed by atoms with Gasteiger partial charge in [-0.2, -0.15) is 0 Å². The number of hydrogen-bond donors (Lipinski definition) is 0. The Bertz CT molecular complexity index is 917. The van der Waals surface area contributed by atoms with Crippen molar-refractivity contribution in [3.05, 3.63) is 70.5 Å². The minimum absolute atomic E-state index is 0.640. The van der Waals surface area contributed by atoms with Crippen LogP contribution in [0.15, 0.2) is 60.0 Å². The van der Waals surface area contributed by atoms with Crippen molar-refractivity contribution in [2.24, 2.45) is 0 Å². The predicted molar refractivity (Wildman–Crippen MR) is 100 cm³/mol. The number of thiazole rings is 1. The minimum atomic E-state index is -3.24. The second-order valence-corrected chi connectivity index (χ2v) is 8.52. The van der Waals surface area contributed by atoms with E-state index in [9.17, 15) is 8.42 Å². The Morgan fingerprint density at radius 2 is 1.71 bits per heavy atom. The Labute approximate surface area is 146 Å². The van der Waals surface area contributed by atoms with Gasteiger partial charge in [-0.3, -0.25) is 4.31 Å². The van der Waals surface area contributed by atoms with Gasteiger partial charge in [0.2, 0.25) is 10.0 Å². The van der Waals surface area contributed by atoms with Crippen molar-refractivity contribution in [1.82, 2.24) is 4.98 Å². The van der Waals surface area contributed by atoms with Gasteiger partial charge in [-0.05, 0) is 17.7 Å². The maximum absolute atomic E-state index is 11.6. The molecule has 6 heteroatoms. The van der Waals surface area contributed by atoms with Crippen LogP contribution in [0.5, 0.6) is 0 Å².